The molecule has 0 heterocycles. The largest absolute Gasteiger partial charge is 0.512 e. The molecule has 0 radical (unpaired) electrons. The first-order chi connectivity index (χ1) is 5.42. The molecule has 1 nitrogen and oxygen atoms in total. The van der Waals surface area contributed by atoms with E-state index in [1.807, 2.05) is 6.08 Å². The van der Waals surface area contributed by atoms with Gasteiger partial charge in [0.05, 0.1) is 5.76 Å². The van der Waals surface area contributed by atoms with Gasteiger partial charge in [-0.15, -0.1) is 0 Å². The average Bonchev–Trinajstić information content (AvgIpc) is 1.83. The fourth-order valence-electron chi connectivity index (χ4n) is 1.37. The predicted octanol–water partition coefficient (Wildman–Crippen LogP) is 3.57. The highest BCUT2D eigenvalue weighted by Gasteiger charge is 2.24. The van der Waals surface area contributed by atoms with Crippen molar-refractivity contribution in [3.8, 4) is 0 Å². The highest BCUT2D eigenvalue weighted by atomic mass is 79.9. The number of hydrogen-bond donors (Lipinski definition) is 1. The fourth-order valence-corrected chi connectivity index (χ4v) is 1.77. The third-order valence-corrected chi connectivity index (χ3v) is 2.62. The summed E-state index contributed by atoms with van der Waals surface area (Å²) in [6.07, 6.45) is 4.80. The van der Waals surface area contributed by atoms with E-state index in [1.54, 1.807) is 0 Å². The summed E-state index contributed by atoms with van der Waals surface area (Å²) in [5, 5.41) is 9.67. The van der Waals surface area contributed by atoms with Crippen LogP contribution in [0.1, 0.15) is 27.2 Å². The molecule has 0 saturated carbocycles. The van der Waals surface area contributed by atoms with Crippen LogP contribution in [0.25, 0.3) is 0 Å². The van der Waals surface area contributed by atoms with Crippen LogP contribution in [0.15, 0.2) is 23.5 Å². The molecular weight excluding hydrogens is 216 g/mol. The van der Waals surface area contributed by atoms with E-state index in [9.17, 15) is 5.11 Å². The van der Waals surface area contributed by atoms with Gasteiger partial charge in [0.1, 0.15) is 0 Å². The van der Waals surface area contributed by atoms with Crippen LogP contribution in [-0.2, 0) is 0 Å². The quantitative estimate of drug-likeness (QED) is 0.684. The summed E-state index contributed by atoms with van der Waals surface area (Å²) < 4.78 is -0.0600. The molecule has 0 aromatic heterocycles. The van der Waals surface area contributed by atoms with Crippen LogP contribution in [-0.4, -0.2) is 9.43 Å². The number of aliphatic hydroxyl groups is 1. The van der Waals surface area contributed by atoms with Crippen LogP contribution in [0.4, 0.5) is 0 Å². The Morgan fingerprint density at radius 1 is 1.58 bits per heavy atom. The zero-order chi connectivity index (χ0) is 9.35. The predicted molar refractivity (Wildman–Crippen MR) is 55.6 cm³/mol. The van der Waals surface area contributed by atoms with Gasteiger partial charge < -0.3 is 5.11 Å². The molecule has 0 amide bonds. The maximum atomic E-state index is 9.67. The molecule has 1 N–H and O–H groups in total. The monoisotopic (exact) mass is 230 g/mol. The van der Waals surface area contributed by atoms with Gasteiger partial charge in [0.25, 0.3) is 0 Å². The van der Waals surface area contributed by atoms with Crippen molar-refractivity contribution < 1.29 is 5.11 Å². The number of alkyl halides is 1. The Kier molecular flexibility index (Phi) is 2.67. The molecule has 0 aromatic rings. The van der Waals surface area contributed by atoms with E-state index in [1.165, 1.54) is 0 Å². The van der Waals surface area contributed by atoms with E-state index in [-0.39, 0.29) is 4.32 Å². The molecule has 1 unspecified atom stereocenters. The minimum absolute atomic E-state index is 0.0600. The van der Waals surface area contributed by atoms with Crippen molar-refractivity contribution in [3.63, 3.8) is 0 Å². The van der Waals surface area contributed by atoms with E-state index < -0.39 is 0 Å². The van der Waals surface area contributed by atoms with Gasteiger partial charge in [-0.1, -0.05) is 41.9 Å². The molecule has 2 heteroatoms. The number of rotatable bonds is 1. The second-order valence-corrected chi connectivity index (χ2v) is 5.66. The van der Waals surface area contributed by atoms with Gasteiger partial charge in [0, 0.05) is 10.7 Å². The van der Waals surface area contributed by atoms with Crippen molar-refractivity contribution in [2.75, 3.05) is 0 Å². The van der Waals surface area contributed by atoms with Crippen molar-refractivity contribution >= 4 is 15.9 Å². The molecule has 0 aromatic carbocycles. The van der Waals surface area contributed by atoms with Gasteiger partial charge in [-0.2, -0.15) is 0 Å². The summed E-state index contributed by atoms with van der Waals surface area (Å²) in [4.78, 5) is 0. The summed E-state index contributed by atoms with van der Waals surface area (Å²) in [5.41, 5.74) is 1.06. The van der Waals surface area contributed by atoms with Gasteiger partial charge in [-0.05, 0) is 18.4 Å². The van der Waals surface area contributed by atoms with E-state index >= 15 is 0 Å². The van der Waals surface area contributed by atoms with Crippen LogP contribution < -0.4 is 0 Å². The van der Waals surface area contributed by atoms with Crippen molar-refractivity contribution in [2.24, 2.45) is 5.92 Å². The lowest BCUT2D eigenvalue weighted by molar-refractivity contribution is 0.364. The Balaban J connectivity index is 2.88. The van der Waals surface area contributed by atoms with Crippen molar-refractivity contribution in [1.82, 2.24) is 0 Å². The van der Waals surface area contributed by atoms with Gasteiger partial charge >= 0.3 is 0 Å². The SMILES string of the molecule is CC(C)C1=C(O)CC(C)(Br)C=C1. The summed E-state index contributed by atoms with van der Waals surface area (Å²) in [5.74, 6) is 0.928. The first kappa shape index (κ1) is 9.85. The molecule has 1 rings (SSSR count). The number of aliphatic hydroxyl groups excluding tert-OH is 1. The van der Waals surface area contributed by atoms with Crippen LogP contribution >= 0.6 is 15.9 Å². The highest BCUT2D eigenvalue weighted by Crippen LogP contribution is 2.34. The summed E-state index contributed by atoms with van der Waals surface area (Å²) in [6, 6.07) is 0. The van der Waals surface area contributed by atoms with Crippen LogP contribution in [0.3, 0.4) is 0 Å². The number of hydrogen-bond acceptors (Lipinski definition) is 1. The van der Waals surface area contributed by atoms with Crippen LogP contribution in [0.5, 0.6) is 0 Å². The molecule has 12 heavy (non-hydrogen) atoms. The zero-order valence-corrected chi connectivity index (χ0v) is 9.35. The van der Waals surface area contributed by atoms with Crippen LogP contribution in [0.2, 0.25) is 0 Å². The molecule has 0 spiro atoms. The van der Waals surface area contributed by atoms with E-state index in [2.05, 4.69) is 42.8 Å². The molecular formula is C10H15BrO. The maximum absolute atomic E-state index is 9.67. The Hall–Kier alpha value is -0.240. The third kappa shape index (κ3) is 2.13. The van der Waals surface area contributed by atoms with E-state index in [4.69, 9.17) is 0 Å². The van der Waals surface area contributed by atoms with Crippen molar-refractivity contribution in [1.29, 1.82) is 0 Å². The standard InChI is InChI=1S/C10H15BrO/c1-7(2)8-4-5-10(3,11)6-9(8)12/h4-5,7,12H,6H2,1-3H3. The lowest BCUT2D eigenvalue weighted by Gasteiger charge is -2.24. The number of allylic oxidation sites excluding steroid dienone is 4. The average molecular weight is 231 g/mol. The van der Waals surface area contributed by atoms with Gasteiger partial charge in [-0.25, -0.2) is 0 Å². The molecule has 0 bridgehead atoms. The highest BCUT2D eigenvalue weighted by molar-refractivity contribution is 9.10. The Labute approximate surface area is 82.3 Å². The molecule has 1 aliphatic carbocycles. The molecule has 1 atom stereocenters. The number of halogens is 1. The van der Waals surface area contributed by atoms with E-state index in [0.717, 1.165) is 5.57 Å². The second kappa shape index (κ2) is 3.25. The maximum Gasteiger partial charge on any atom is 0.0974 e. The van der Waals surface area contributed by atoms with E-state index in [0.29, 0.717) is 18.1 Å². The molecule has 0 fully saturated rings. The lowest BCUT2D eigenvalue weighted by Crippen LogP contribution is -2.18. The zero-order valence-electron chi connectivity index (χ0n) is 7.76. The summed E-state index contributed by atoms with van der Waals surface area (Å²) in [7, 11) is 0. The molecule has 68 valence electrons. The molecule has 0 aliphatic heterocycles. The van der Waals surface area contributed by atoms with Crippen LogP contribution in [0, 0.1) is 5.92 Å². The van der Waals surface area contributed by atoms with Gasteiger partial charge in [0.15, 0.2) is 0 Å². The Bertz CT molecular complexity index is 236. The minimum atomic E-state index is -0.0600. The topological polar surface area (TPSA) is 20.2 Å². The summed E-state index contributed by atoms with van der Waals surface area (Å²) in [6.45, 7) is 6.23. The van der Waals surface area contributed by atoms with Crippen molar-refractivity contribution in [3.05, 3.63) is 23.5 Å². The van der Waals surface area contributed by atoms with Gasteiger partial charge in [-0.3, -0.25) is 0 Å². The first-order valence-electron chi connectivity index (χ1n) is 4.22. The summed E-state index contributed by atoms with van der Waals surface area (Å²) >= 11 is 3.53. The van der Waals surface area contributed by atoms with Crippen molar-refractivity contribution in [2.45, 2.75) is 31.5 Å². The second-order valence-electron chi connectivity index (χ2n) is 3.84. The first-order valence-corrected chi connectivity index (χ1v) is 5.02. The normalized spacial score (nSPS) is 30.1. The molecule has 0 saturated heterocycles. The fraction of sp³-hybridized carbons (Fsp3) is 0.600. The molecule has 1 aliphatic rings. The smallest absolute Gasteiger partial charge is 0.0974 e. The minimum Gasteiger partial charge on any atom is -0.512 e. The van der Waals surface area contributed by atoms with Gasteiger partial charge in [0.2, 0.25) is 0 Å². The Morgan fingerprint density at radius 3 is 2.58 bits per heavy atom. The Morgan fingerprint density at radius 2 is 2.17 bits per heavy atom. The lowest BCUT2D eigenvalue weighted by atomic mass is 9.91. The third-order valence-electron chi connectivity index (χ3n) is 2.08.